The van der Waals surface area contributed by atoms with E-state index < -0.39 is 8.07 Å². The first-order valence-electron chi connectivity index (χ1n) is 19.5. The van der Waals surface area contributed by atoms with E-state index in [1.165, 1.54) is 31.9 Å². The van der Waals surface area contributed by atoms with Gasteiger partial charge in [0.2, 0.25) is 0 Å². The predicted octanol–water partition coefficient (Wildman–Crippen LogP) is 11.8. The fraction of sp³-hybridized carbons (Fsp3) is 0. The second kappa shape index (κ2) is 14.8. The molecule has 0 atom stereocenters. The summed E-state index contributed by atoms with van der Waals surface area (Å²) in [5.74, 6) is 0. The van der Waals surface area contributed by atoms with Gasteiger partial charge in [0.25, 0.3) is 0 Å². The topological polar surface area (TPSA) is 16.4 Å². The molecule has 57 heavy (non-hydrogen) atoms. The van der Waals surface area contributed by atoms with Crippen molar-refractivity contribution >= 4 is 67.8 Å². The number of rotatable bonds is 9. The summed E-state index contributed by atoms with van der Waals surface area (Å²) in [4.78, 5) is 2.32. The summed E-state index contributed by atoms with van der Waals surface area (Å²) in [6.07, 6.45) is 0. The predicted molar refractivity (Wildman–Crippen MR) is 243 cm³/mol. The van der Waals surface area contributed by atoms with Crippen LogP contribution in [0.3, 0.4) is 0 Å². The number of anilines is 3. The number of benzene rings is 9. The molecular formula is C54H39NOSi. The molecule has 0 saturated heterocycles. The highest BCUT2D eigenvalue weighted by atomic mass is 28.3. The highest BCUT2D eigenvalue weighted by Gasteiger charge is 2.41. The Hall–Kier alpha value is -7.20. The summed E-state index contributed by atoms with van der Waals surface area (Å²) >= 11 is 0. The molecule has 3 heteroatoms. The maximum absolute atomic E-state index is 6.38. The van der Waals surface area contributed by atoms with Crippen molar-refractivity contribution in [3.05, 3.63) is 237 Å². The molecule has 10 rings (SSSR count). The summed E-state index contributed by atoms with van der Waals surface area (Å²) < 4.78 is 6.38. The summed E-state index contributed by atoms with van der Waals surface area (Å²) in [6.45, 7) is 0. The van der Waals surface area contributed by atoms with Crippen LogP contribution in [0.15, 0.2) is 241 Å². The van der Waals surface area contributed by atoms with Gasteiger partial charge in [-0.1, -0.05) is 194 Å². The molecule has 0 N–H and O–H groups in total. The maximum atomic E-state index is 6.38. The molecule has 0 unspecified atom stereocenters. The van der Waals surface area contributed by atoms with Crippen LogP contribution in [0.2, 0.25) is 0 Å². The monoisotopic (exact) mass is 745 g/mol. The zero-order chi connectivity index (χ0) is 38.0. The highest BCUT2D eigenvalue weighted by Crippen LogP contribution is 2.39. The minimum Gasteiger partial charge on any atom is -0.455 e. The molecule has 1 aromatic heterocycles. The van der Waals surface area contributed by atoms with Gasteiger partial charge >= 0.3 is 0 Å². The first kappa shape index (κ1) is 34.3. The number of para-hydroxylation sites is 3. The molecule has 0 aliphatic carbocycles. The van der Waals surface area contributed by atoms with E-state index in [2.05, 4.69) is 229 Å². The van der Waals surface area contributed by atoms with Crippen molar-refractivity contribution in [1.82, 2.24) is 0 Å². The third-order valence-corrected chi connectivity index (χ3v) is 16.0. The SMILES string of the molecule is c1ccc(N(c2ccc(-c3ccc([Si](c4ccccc4)(c4ccccc4)c4ccccc4)cc3)cc2)c2ccc(-c3cccc4c3oc3ccccc34)cc2)cc1. The Kier molecular flexibility index (Phi) is 8.90. The van der Waals surface area contributed by atoms with Crippen molar-refractivity contribution in [2.75, 3.05) is 4.90 Å². The Balaban J connectivity index is 0.998. The van der Waals surface area contributed by atoms with E-state index in [4.69, 9.17) is 4.42 Å². The van der Waals surface area contributed by atoms with E-state index in [0.717, 1.165) is 50.1 Å². The number of hydrogen-bond donors (Lipinski definition) is 0. The Morgan fingerprint density at radius 2 is 0.702 bits per heavy atom. The minimum atomic E-state index is -2.58. The molecule has 1 heterocycles. The van der Waals surface area contributed by atoms with E-state index in [0.29, 0.717) is 0 Å². The fourth-order valence-corrected chi connectivity index (χ4v) is 13.3. The molecule has 270 valence electrons. The molecule has 10 aromatic rings. The molecule has 0 fully saturated rings. The van der Waals surface area contributed by atoms with E-state index in [9.17, 15) is 0 Å². The summed E-state index contributed by atoms with van der Waals surface area (Å²) in [7, 11) is -2.58. The van der Waals surface area contributed by atoms with Crippen molar-refractivity contribution in [2.24, 2.45) is 0 Å². The normalized spacial score (nSPS) is 11.5. The van der Waals surface area contributed by atoms with E-state index in [-0.39, 0.29) is 0 Å². The molecule has 0 aliphatic rings. The maximum Gasteiger partial charge on any atom is 0.179 e. The molecule has 2 nitrogen and oxygen atoms in total. The molecule has 9 aromatic carbocycles. The van der Waals surface area contributed by atoms with Gasteiger partial charge in [-0.25, -0.2) is 0 Å². The first-order valence-corrected chi connectivity index (χ1v) is 21.5. The lowest BCUT2D eigenvalue weighted by Gasteiger charge is -2.34. The number of fused-ring (bicyclic) bond motifs is 3. The van der Waals surface area contributed by atoms with Crippen LogP contribution in [0, 0.1) is 0 Å². The molecular weight excluding hydrogens is 707 g/mol. The number of hydrogen-bond acceptors (Lipinski definition) is 2. The van der Waals surface area contributed by atoms with Gasteiger partial charge in [0.15, 0.2) is 8.07 Å². The van der Waals surface area contributed by atoms with Crippen LogP contribution >= 0.6 is 0 Å². The Bertz CT molecular complexity index is 2810. The van der Waals surface area contributed by atoms with Crippen LogP contribution in [0.1, 0.15) is 0 Å². The third-order valence-electron chi connectivity index (χ3n) is 11.3. The van der Waals surface area contributed by atoms with Crippen LogP contribution in [-0.4, -0.2) is 8.07 Å². The molecule has 0 radical (unpaired) electrons. The number of furan rings is 1. The molecule has 0 spiro atoms. The van der Waals surface area contributed by atoms with Gasteiger partial charge in [-0.2, -0.15) is 0 Å². The lowest BCUT2D eigenvalue weighted by Crippen LogP contribution is -2.74. The van der Waals surface area contributed by atoms with Crippen molar-refractivity contribution in [1.29, 1.82) is 0 Å². The van der Waals surface area contributed by atoms with Gasteiger partial charge in [0.05, 0.1) is 0 Å². The van der Waals surface area contributed by atoms with Gasteiger partial charge in [0, 0.05) is 33.4 Å². The summed E-state index contributed by atoms with van der Waals surface area (Å²) in [6, 6.07) is 85.6. The lowest BCUT2D eigenvalue weighted by molar-refractivity contribution is 0.670. The zero-order valence-electron chi connectivity index (χ0n) is 31.4. The van der Waals surface area contributed by atoms with Gasteiger partial charge in [-0.3, -0.25) is 0 Å². The molecule has 0 bridgehead atoms. The quantitative estimate of drug-likeness (QED) is 0.108. The average molecular weight is 746 g/mol. The van der Waals surface area contributed by atoms with Crippen LogP contribution in [0.25, 0.3) is 44.2 Å². The van der Waals surface area contributed by atoms with Crippen LogP contribution < -0.4 is 25.6 Å². The second-order valence-corrected chi connectivity index (χ2v) is 18.3. The Morgan fingerprint density at radius 1 is 0.298 bits per heavy atom. The highest BCUT2D eigenvalue weighted by molar-refractivity contribution is 7.19. The van der Waals surface area contributed by atoms with Crippen molar-refractivity contribution in [3.63, 3.8) is 0 Å². The van der Waals surface area contributed by atoms with Crippen LogP contribution in [0.4, 0.5) is 17.1 Å². The standard InChI is InChI=1S/C54H39NOSi/c1-5-16-43(17-6-1)55(45-36-30-42(31-37-45)50-25-15-26-52-51-24-13-14-27-53(51)56-54(50)52)44-34-28-40(29-35-44)41-32-38-49(39-33-41)57(46-18-7-2-8-19-46,47-20-9-3-10-21-47)48-22-11-4-12-23-48/h1-39H. The van der Waals surface area contributed by atoms with E-state index in [1.54, 1.807) is 0 Å². The van der Waals surface area contributed by atoms with Gasteiger partial charge in [-0.15, -0.1) is 0 Å². The molecule has 0 saturated carbocycles. The fourth-order valence-electron chi connectivity index (χ4n) is 8.57. The van der Waals surface area contributed by atoms with E-state index >= 15 is 0 Å². The Morgan fingerprint density at radius 3 is 1.25 bits per heavy atom. The lowest BCUT2D eigenvalue weighted by atomic mass is 10.0. The largest absolute Gasteiger partial charge is 0.455 e. The van der Waals surface area contributed by atoms with Crippen LogP contribution in [0.5, 0.6) is 0 Å². The van der Waals surface area contributed by atoms with E-state index in [1.807, 2.05) is 12.1 Å². The van der Waals surface area contributed by atoms with Crippen molar-refractivity contribution in [3.8, 4) is 22.3 Å². The van der Waals surface area contributed by atoms with Crippen LogP contribution in [-0.2, 0) is 0 Å². The van der Waals surface area contributed by atoms with Gasteiger partial charge in [-0.05, 0) is 79.9 Å². The smallest absolute Gasteiger partial charge is 0.179 e. The Labute approximate surface area is 334 Å². The number of nitrogens with zero attached hydrogens (tertiary/aromatic N) is 1. The van der Waals surface area contributed by atoms with Crippen molar-refractivity contribution < 1.29 is 4.42 Å². The minimum absolute atomic E-state index is 0.910. The molecule has 0 aliphatic heterocycles. The molecule has 0 amide bonds. The first-order chi connectivity index (χ1) is 28.3. The summed E-state index contributed by atoms with van der Waals surface area (Å²) in [5, 5.41) is 7.77. The zero-order valence-corrected chi connectivity index (χ0v) is 32.4. The summed E-state index contributed by atoms with van der Waals surface area (Å²) in [5.41, 5.74) is 9.70. The average Bonchev–Trinajstić information content (AvgIpc) is 3.68. The third kappa shape index (κ3) is 6.15. The second-order valence-electron chi connectivity index (χ2n) is 14.5. The van der Waals surface area contributed by atoms with Gasteiger partial charge in [0.1, 0.15) is 11.2 Å². The van der Waals surface area contributed by atoms with Crippen molar-refractivity contribution in [2.45, 2.75) is 0 Å². The van der Waals surface area contributed by atoms with Gasteiger partial charge < -0.3 is 9.32 Å².